The highest BCUT2D eigenvalue weighted by molar-refractivity contribution is 5.80. The Hall–Kier alpha value is -4.28. The summed E-state index contributed by atoms with van der Waals surface area (Å²) >= 11 is 0. The van der Waals surface area contributed by atoms with Gasteiger partial charge in [0.2, 0.25) is 5.95 Å². The van der Waals surface area contributed by atoms with Crippen molar-refractivity contribution >= 4 is 22.8 Å². The van der Waals surface area contributed by atoms with Crippen LogP contribution >= 0.6 is 0 Å². The molecule has 5 aromatic rings. The van der Waals surface area contributed by atoms with Crippen LogP contribution in [0.1, 0.15) is 5.69 Å². The molecule has 0 radical (unpaired) electrons. The van der Waals surface area contributed by atoms with E-state index in [-0.39, 0.29) is 12.2 Å². The predicted octanol–water partition coefficient (Wildman–Crippen LogP) is 3.09. The molecule has 4 heterocycles. The van der Waals surface area contributed by atoms with Crippen molar-refractivity contribution in [2.24, 2.45) is 7.05 Å². The number of anilines is 2. The van der Waals surface area contributed by atoms with Gasteiger partial charge in [-0.1, -0.05) is 11.3 Å². The van der Waals surface area contributed by atoms with Crippen molar-refractivity contribution < 1.29 is 8.78 Å². The smallest absolute Gasteiger partial charge is 0.228 e. The number of nitrogens with zero attached hydrogens (tertiary/aromatic N) is 8. The van der Waals surface area contributed by atoms with Gasteiger partial charge < -0.3 is 5.32 Å². The summed E-state index contributed by atoms with van der Waals surface area (Å²) in [5.41, 5.74) is 2.90. The summed E-state index contributed by atoms with van der Waals surface area (Å²) in [6, 6.07) is 9.93. The topological polar surface area (TPSA) is 99.2 Å². The molecule has 0 aliphatic carbocycles. The minimum atomic E-state index is -0.727. The molecule has 31 heavy (non-hydrogen) atoms. The van der Waals surface area contributed by atoms with Crippen LogP contribution in [0.4, 0.5) is 20.5 Å². The number of halogens is 2. The van der Waals surface area contributed by atoms with Crippen molar-refractivity contribution in [1.82, 2.24) is 39.7 Å². The zero-order valence-electron chi connectivity index (χ0n) is 16.2. The van der Waals surface area contributed by atoms with Crippen LogP contribution in [-0.2, 0) is 13.6 Å². The number of hydrogen-bond donors (Lipinski definition) is 1. The lowest BCUT2D eigenvalue weighted by Gasteiger charge is -2.07. The van der Waals surface area contributed by atoms with Crippen LogP contribution < -0.4 is 5.32 Å². The summed E-state index contributed by atoms with van der Waals surface area (Å²) in [4.78, 5) is 12.6. The van der Waals surface area contributed by atoms with Gasteiger partial charge in [0, 0.05) is 30.9 Å². The fourth-order valence-electron chi connectivity index (χ4n) is 3.14. The second kappa shape index (κ2) is 7.52. The third-order valence-electron chi connectivity index (χ3n) is 4.71. The summed E-state index contributed by atoms with van der Waals surface area (Å²) in [5, 5.41) is 15.5. The lowest BCUT2D eigenvalue weighted by Crippen LogP contribution is -2.06. The summed E-state index contributed by atoms with van der Waals surface area (Å²) in [6.45, 7) is 0.0359. The fraction of sp³-hybridized carbons (Fsp3) is 0.100. The van der Waals surface area contributed by atoms with Gasteiger partial charge in [-0.2, -0.15) is 5.10 Å². The average molecular weight is 419 g/mol. The van der Waals surface area contributed by atoms with Gasteiger partial charge in [-0.15, -0.1) is 5.10 Å². The first-order valence-corrected chi connectivity index (χ1v) is 9.28. The molecule has 4 aromatic heterocycles. The van der Waals surface area contributed by atoms with Gasteiger partial charge in [0.05, 0.1) is 35.8 Å². The summed E-state index contributed by atoms with van der Waals surface area (Å²) in [7, 11) is 1.82. The third-order valence-corrected chi connectivity index (χ3v) is 4.71. The SMILES string of the molecule is Cn1nccc1Nc1nccc(-c2ccc3c(c2)nnn3Cc2ncc(F)cc2F)n1. The average Bonchev–Trinajstić information content (AvgIpc) is 3.36. The Bertz CT molecular complexity index is 1390. The first-order valence-electron chi connectivity index (χ1n) is 9.28. The Labute approximate surface area is 174 Å². The van der Waals surface area contributed by atoms with Crippen LogP contribution in [0.2, 0.25) is 0 Å². The molecule has 0 saturated carbocycles. The lowest BCUT2D eigenvalue weighted by molar-refractivity contribution is 0.541. The van der Waals surface area contributed by atoms with Crippen molar-refractivity contribution in [3.05, 3.63) is 72.3 Å². The van der Waals surface area contributed by atoms with E-state index in [4.69, 9.17) is 0 Å². The molecule has 0 amide bonds. The fourth-order valence-corrected chi connectivity index (χ4v) is 3.14. The summed E-state index contributed by atoms with van der Waals surface area (Å²) < 4.78 is 30.2. The van der Waals surface area contributed by atoms with Gasteiger partial charge in [-0.05, 0) is 18.2 Å². The van der Waals surface area contributed by atoms with Crippen molar-refractivity contribution in [2.75, 3.05) is 5.32 Å². The van der Waals surface area contributed by atoms with Gasteiger partial charge in [0.1, 0.15) is 23.0 Å². The van der Waals surface area contributed by atoms with Gasteiger partial charge in [-0.25, -0.2) is 23.4 Å². The van der Waals surface area contributed by atoms with E-state index in [0.29, 0.717) is 22.7 Å². The zero-order chi connectivity index (χ0) is 21.4. The molecular formula is C20H15F2N9. The second-order valence-electron chi connectivity index (χ2n) is 6.76. The number of pyridine rings is 1. The molecule has 0 atom stereocenters. The van der Waals surface area contributed by atoms with Crippen molar-refractivity contribution in [1.29, 1.82) is 0 Å². The number of aryl methyl sites for hydroxylation is 1. The van der Waals surface area contributed by atoms with E-state index in [2.05, 4.69) is 35.7 Å². The number of rotatable bonds is 5. The summed E-state index contributed by atoms with van der Waals surface area (Å²) in [6.07, 6.45) is 4.31. The molecule has 0 aliphatic heterocycles. The molecule has 0 aliphatic rings. The molecule has 154 valence electrons. The molecule has 9 nitrogen and oxygen atoms in total. The monoisotopic (exact) mass is 419 g/mol. The van der Waals surface area contributed by atoms with E-state index >= 15 is 0 Å². The van der Waals surface area contributed by atoms with Crippen LogP contribution in [0.3, 0.4) is 0 Å². The number of benzene rings is 1. The van der Waals surface area contributed by atoms with E-state index < -0.39 is 11.6 Å². The molecule has 0 unspecified atom stereocenters. The standard InChI is InChI=1S/C20H15F2N9/c1-30-19(5-7-25-30)27-20-23-6-4-15(26-20)12-2-3-18-16(8-12)28-29-31(18)11-17-14(22)9-13(21)10-24-17/h2-10H,11H2,1H3,(H,23,26,27). The first kappa shape index (κ1) is 18.7. The van der Waals surface area contributed by atoms with E-state index in [1.54, 1.807) is 23.1 Å². The Kier molecular flexibility index (Phi) is 4.54. The number of aromatic nitrogens is 8. The Balaban J connectivity index is 1.43. The number of hydrogen-bond acceptors (Lipinski definition) is 7. The Morgan fingerprint density at radius 1 is 1.03 bits per heavy atom. The lowest BCUT2D eigenvalue weighted by atomic mass is 10.1. The minimum Gasteiger partial charge on any atom is -0.309 e. The van der Waals surface area contributed by atoms with Crippen LogP contribution in [0.5, 0.6) is 0 Å². The highest BCUT2D eigenvalue weighted by Gasteiger charge is 2.12. The highest BCUT2D eigenvalue weighted by atomic mass is 19.1. The Morgan fingerprint density at radius 3 is 2.74 bits per heavy atom. The van der Waals surface area contributed by atoms with Crippen LogP contribution in [0.15, 0.2) is 55.0 Å². The van der Waals surface area contributed by atoms with Crippen molar-refractivity contribution in [3.63, 3.8) is 0 Å². The maximum absolute atomic E-state index is 13.9. The van der Waals surface area contributed by atoms with E-state index in [1.165, 1.54) is 4.68 Å². The van der Waals surface area contributed by atoms with E-state index in [9.17, 15) is 8.78 Å². The maximum atomic E-state index is 13.9. The molecule has 0 bridgehead atoms. The van der Waals surface area contributed by atoms with Gasteiger partial charge in [0.25, 0.3) is 0 Å². The van der Waals surface area contributed by atoms with E-state index in [0.717, 1.165) is 23.6 Å². The third kappa shape index (κ3) is 3.68. The number of fused-ring (bicyclic) bond motifs is 1. The molecular weight excluding hydrogens is 404 g/mol. The first-order chi connectivity index (χ1) is 15.1. The predicted molar refractivity (Wildman–Crippen MR) is 108 cm³/mol. The van der Waals surface area contributed by atoms with Gasteiger partial charge in [-0.3, -0.25) is 9.67 Å². The van der Waals surface area contributed by atoms with Gasteiger partial charge >= 0.3 is 0 Å². The quantitative estimate of drug-likeness (QED) is 0.467. The molecule has 1 N–H and O–H groups in total. The molecule has 1 aromatic carbocycles. The van der Waals surface area contributed by atoms with Crippen LogP contribution in [-0.4, -0.2) is 39.7 Å². The number of nitrogens with one attached hydrogen (secondary N) is 1. The molecule has 0 saturated heterocycles. The zero-order valence-corrected chi connectivity index (χ0v) is 16.2. The van der Waals surface area contributed by atoms with Crippen molar-refractivity contribution in [2.45, 2.75) is 6.54 Å². The molecule has 11 heteroatoms. The normalized spacial score (nSPS) is 11.2. The highest BCUT2D eigenvalue weighted by Crippen LogP contribution is 2.23. The van der Waals surface area contributed by atoms with Crippen molar-refractivity contribution in [3.8, 4) is 11.3 Å². The minimum absolute atomic E-state index is 0.0359. The molecule has 0 fully saturated rings. The van der Waals surface area contributed by atoms with Crippen LogP contribution in [0.25, 0.3) is 22.3 Å². The second-order valence-corrected chi connectivity index (χ2v) is 6.76. The van der Waals surface area contributed by atoms with E-state index in [1.807, 2.05) is 31.3 Å². The summed E-state index contributed by atoms with van der Waals surface area (Å²) in [5.74, 6) is -0.258. The Morgan fingerprint density at radius 2 is 1.94 bits per heavy atom. The maximum Gasteiger partial charge on any atom is 0.228 e. The largest absolute Gasteiger partial charge is 0.309 e. The molecule has 0 spiro atoms. The van der Waals surface area contributed by atoms with Gasteiger partial charge in [0.15, 0.2) is 0 Å². The van der Waals surface area contributed by atoms with Crippen LogP contribution in [0, 0.1) is 11.6 Å². The molecule has 5 rings (SSSR count).